The summed E-state index contributed by atoms with van der Waals surface area (Å²) in [6.45, 7) is 1.63. The van der Waals surface area contributed by atoms with E-state index in [9.17, 15) is 18.3 Å². The average molecular weight is 403 g/mol. The molecule has 2 aromatic carbocycles. The summed E-state index contributed by atoms with van der Waals surface area (Å²) in [4.78, 5) is 0. The normalized spacial score (nSPS) is 11.2. The molecule has 0 heterocycles. The molecule has 0 aliphatic rings. The van der Waals surface area contributed by atoms with E-state index in [1.807, 2.05) is 0 Å². The molecule has 2 aromatic rings. The number of aromatic hydroxyl groups is 1. The van der Waals surface area contributed by atoms with E-state index in [1.54, 1.807) is 31.2 Å². The van der Waals surface area contributed by atoms with Crippen LogP contribution in [0.3, 0.4) is 0 Å². The molecule has 118 valence electrons. The van der Waals surface area contributed by atoms with E-state index in [0.717, 1.165) is 6.07 Å². The van der Waals surface area contributed by atoms with Crippen LogP contribution in [0.4, 0.5) is 13.2 Å². The standard InChI is InChI=1S/C14H12F3OP.2ClH.Ti/c1-9-6-7-12(10(8-9)14(15,16)17)19-13-5-3-2-4-11(13)18;;;/h2-8,18-19H,1H3;2*1H;/q;;;+2/p-2. The van der Waals surface area contributed by atoms with Crippen molar-refractivity contribution in [3.63, 3.8) is 0 Å². The van der Waals surface area contributed by atoms with Crippen molar-refractivity contribution in [2.45, 2.75) is 13.1 Å². The molecule has 22 heavy (non-hydrogen) atoms. The molecule has 8 heteroatoms. The first kappa shape index (κ1) is 19.8. The summed E-state index contributed by atoms with van der Waals surface area (Å²) in [5, 5.41) is 10.4. The van der Waals surface area contributed by atoms with Crippen LogP contribution < -0.4 is 10.6 Å². The van der Waals surface area contributed by atoms with Crippen molar-refractivity contribution in [2.75, 3.05) is 0 Å². The number of para-hydroxylation sites is 1. The fourth-order valence-corrected chi connectivity index (χ4v) is 2.92. The number of alkyl halides is 3. The van der Waals surface area contributed by atoms with Crippen molar-refractivity contribution in [1.29, 1.82) is 0 Å². The van der Waals surface area contributed by atoms with Gasteiger partial charge in [0.1, 0.15) is 5.75 Å². The molecule has 0 aromatic heterocycles. The third kappa shape index (κ3) is 6.10. The summed E-state index contributed by atoms with van der Waals surface area (Å²) in [7, 11) is 9.55. The zero-order chi connectivity index (χ0) is 16.8. The predicted octanol–water partition coefficient (Wildman–Crippen LogP) is 4.73. The number of rotatable bonds is 2. The average Bonchev–Trinajstić information content (AvgIpc) is 2.43. The molecule has 0 spiro atoms. The van der Waals surface area contributed by atoms with Crippen molar-refractivity contribution < 1.29 is 35.3 Å². The summed E-state index contributed by atoms with van der Waals surface area (Å²) in [5.41, 5.74) is -0.0627. The van der Waals surface area contributed by atoms with Gasteiger partial charge in [0.25, 0.3) is 0 Å². The molecule has 0 bridgehead atoms. The van der Waals surface area contributed by atoms with Gasteiger partial charge in [-0.3, -0.25) is 0 Å². The number of hydrogen-bond acceptors (Lipinski definition) is 1. The maximum atomic E-state index is 13.0. The Morgan fingerprint density at radius 2 is 1.64 bits per heavy atom. The Hall–Kier alpha value is -0.246. The van der Waals surface area contributed by atoms with Crippen molar-refractivity contribution in [2.24, 2.45) is 0 Å². The molecule has 0 aliphatic heterocycles. The van der Waals surface area contributed by atoms with Gasteiger partial charge in [-0.15, -0.1) is 0 Å². The quantitative estimate of drug-likeness (QED) is 0.569. The number of phenolic OH excluding ortho intramolecular Hbond substituents is 1. The summed E-state index contributed by atoms with van der Waals surface area (Å²) < 4.78 is 38.9. The Labute approximate surface area is 145 Å². The number of aryl methyl sites for hydroxylation is 1. The van der Waals surface area contributed by atoms with Crippen LogP contribution in [0.2, 0.25) is 0 Å². The van der Waals surface area contributed by atoms with Crippen molar-refractivity contribution in [3.8, 4) is 5.75 Å². The number of benzene rings is 2. The van der Waals surface area contributed by atoms with E-state index >= 15 is 0 Å². The van der Waals surface area contributed by atoms with E-state index < -0.39 is 28.8 Å². The van der Waals surface area contributed by atoms with Gasteiger partial charge in [0, 0.05) is 5.30 Å². The zero-order valence-electron chi connectivity index (χ0n) is 11.4. The molecule has 2 rings (SSSR count). The molecule has 0 amide bonds. The summed E-state index contributed by atoms with van der Waals surface area (Å²) in [6, 6.07) is 10.7. The van der Waals surface area contributed by atoms with Gasteiger partial charge in [0.2, 0.25) is 0 Å². The van der Waals surface area contributed by atoms with Crippen LogP contribution in [-0.2, 0) is 23.2 Å². The molecular formula is C14H12Cl2F3OPTi. The topological polar surface area (TPSA) is 20.2 Å². The Balaban J connectivity index is 0.000000745. The molecule has 0 saturated heterocycles. The molecule has 0 radical (unpaired) electrons. The van der Waals surface area contributed by atoms with Gasteiger partial charge in [0.05, 0.1) is 5.56 Å². The van der Waals surface area contributed by atoms with Crippen LogP contribution >= 0.6 is 27.2 Å². The van der Waals surface area contributed by atoms with E-state index in [1.165, 1.54) is 12.1 Å². The Kier molecular flexibility index (Phi) is 8.23. The van der Waals surface area contributed by atoms with Gasteiger partial charge in [0.15, 0.2) is 0 Å². The van der Waals surface area contributed by atoms with Gasteiger partial charge in [-0.05, 0) is 24.4 Å². The second-order valence-electron chi connectivity index (χ2n) is 4.26. The van der Waals surface area contributed by atoms with Crippen LogP contribution in [0.1, 0.15) is 11.1 Å². The van der Waals surface area contributed by atoms with E-state index in [2.05, 4.69) is 0 Å². The van der Waals surface area contributed by atoms with Crippen LogP contribution in [0.25, 0.3) is 0 Å². The Morgan fingerprint density at radius 1 is 1.05 bits per heavy atom. The molecule has 0 aliphatic carbocycles. The van der Waals surface area contributed by atoms with E-state index in [0.29, 0.717) is 10.9 Å². The Morgan fingerprint density at radius 3 is 2.18 bits per heavy atom. The number of hydrogen-bond donors (Lipinski definition) is 1. The molecule has 1 nitrogen and oxygen atoms in total. The number of phenols is 1. The van der Waals surface area contributed by atoms with Gasteiger partial charge in [-0.2, -0.15) is 13.2 Å². The number of halogens is 5. The summed E-state index contributed by atoms with van der Waals surface area (Å²) in [6.07, 6.45) is -4.38. The minimum absolute atomic E-state index is 0.0227. The SMILES string of the molecule is Cc1ccc(Pc2ccccc2O)c(C(F)(F)F)c1.[Cl][Ti][Cl]. The third-order valence-corrected chi connectivity index (χ3v) is 4.05. The predicted molar refractivity (Wildman–Crippen MR) is 83.6 cm³/mol. The van der Waals surface area contributed by atoms with E-state index in [-0.39, 0.29) is 19.6 Å². The second-order valence-corrected chi connectivity index (χ2v) is 8.17. The first-order chi connectivity index (χ1) is 10.3. The first-order valence-electron chi connectivity index (χ1n) is 5.98. The van der Waals surface area contributed by atoms with Gasteiger partial charge in [-0.25, -0.2) is 0 Å². The van der Waals surface area contributed by atoms with Gasteiger partial charge in [-0.1, -0.05) is 44.5 Å². The van der Waals surface area contributed by atoms with Gasteiger partial charge >= 0.3 is 41.8 Å². The second kappa shape index (κ2) is 9.15. The molecule has 1 atom stereocenters. The third-order valence-electron chi connectivity index (χ3n) is 2.65. The van der Waals surface area contributed by atoms with Crippen molar-refractivity contribution in [3.05, 3.63) is 53.6 Å². The summed E-state index contributed by atoms with van der Waals surface area (Å²) >= 11 is -0.556. The van der Waals surface area contributed by atoms with Crippen LogP contribution in [0.15, 0.2) is 42.5 Å². The van der Waals surface area contributed by atoms with E-state index in [4.69, 9.17) is 18.6 Å². The molecule has 1 N–H and O–H groups in total. The molecule has 0 saturated carbocycles. The maximum absolute atomic E-state index is 13.0. The van der Waals surface area contributed by atoms with Gasteiger partial charge < -0.3 is 5.11 Å². The van der Waals surface area contributed by atoms with Crippen molar-refractivity contribution >= 4 is 37.8 Å². The van der Waals surface area contributed by atoms with Crippen LogP contribution in [0.5, 0.6) is 5.75 Å². The molecule has 1 unspecified atom stereocenters. The fourth-order valence-electron chi connectivity index (χ4n) is 1.73. The zero-order valence-corrected chi connectivity index (χ0v) is 15.5. The molecule has 0 fully saturated rings. The van der Waals surface area contributed by atoms with Crippen LogP contribution in [0, 0.1) is 6.92 Å². The first-order valence-corrected chi connectivity index (χ1v) is 11.3. The summed E-state index contributed by atoms with van der Waals surface area (Å²) in [5.74, 6) is 0.0227. The van der Waals surface area contributed by atoms with Crippen LogP contribution in [-0.4, -0.2) is 5.11 Å². The van der Waals surface area contributed by atoms with Crippen molar-refractivity contribution in [1.82, 2.24) is 0 Å². The molecular weight excluding hydrogens is 391 g/mol. The Bertz CT molecular complexity index is 623. The minimum atomic E-state index is -4.38. The monoisotopic (exact) mass is 402 g/mol. The fraction of sp³-hybridized carbons (Fsp3) is 0.143.